The first-order valence-corrected chi connectivity index (χ1v) is 6.09. The maximum atomic E-state index is 13.1. The van der Waals surface area contributed by atoms with E-state index in [0.717, 1.165) is 6.07 Å². The highest BCUT2D eigenvalue weighted by Crippen LogP contribution is 2.17. The Labute approximate surface area is 118 Å². The summed E-state index contributed by atoms with van der Waals surface area (Å²) in [6, 6.07) is 6.56. The number of halogens is 2. The molecular weight excluding hydrogens is 278 g/mol. The predicted octanol–water partition coefficient (Wildman–Crippen LogP) is 2.58. The summed E-state index contributed by atoms with van der Waals surface area (Å²) >= 11 is 0. The van der Waals surface area contributed by atoms with Gasteiger partial charge >= 0.3 is 0 Å². The van der Waals surface area contributed by atoms with Crippen molar-refractivity contribution >= 4 is 5.69 Å². The van der Waals surface area contributed by atoms with Gasteiger partial charge in [0.05, 0.1) is 11.9 Å². The van der Waals surface area contributed by atoms with Crippen LogP contribution in [0.3, 0.4) is 0 Å². The van der Waals surface area contributed by atoms with E-state index in [1.165, 1.54) is 18.3 Å². The number of nitrogen functional groups attached to an aromatic ring is 1. The zero-order valence-corrected chi connectivity index (χ0v) is 10.8. The van der Waals surface area contributed by atoms with Crippen LogP contribution in [-0.2, 0) is 6.42 Å². The van der Waals surface area contributed by atoms with Gasteiger partial charge < -0.3 is 10.3 Å². The first-order chi connectivity index (χ1) is 10.1. The largest absolute Gasteiger partial charge is 0.397 e. The molecule has 21 heavy (non-hydrogen) atoms. The van der Waals surface area contributed by atoms with Gasteiger partial charge in [0.25, 0.3) is 5.89 Å². The van der Waals surface area contributed by atoms with Crippen molar-refractivity contribution in [2.24, 2.45) is 0 Å². The highest BCUT2D eigenvalue weighted by Gasteiger charge is 2.11. The van der Waals surface area contributed by atoms with Crippen LogP contribution in [0.1, 0.15) is 11.4 Å². The van der Waals surface area contributed by atoms with Gasteiger partial charge in [-0.3, -0.25) is 0 Å². The fraction of sp³-hybridized carbons (Fsp3) is 0.0714. The van der Waals surface area contributed by atoms with E-state index < -0.39 is 11.6 Å². The first kappa shape index (κ1) is 13.2. The minimum absolute atomic E-state index is 0.160. The molecule has 106 valence electrons. The third-order valence-electron chi connectivity index (χ3n) is 2.76. The van der Waals surface area contributed by atoms with Gasteiger partial charge in [-0.15, -0.1) is 0 Å². The predicted molar refractivity (Wildman–Crippen MR) is 71.1 cm³/mol. The fourth-order valence-electron chi connectivity index (χ4n) is 1.86. The third-order valence-corrected chi connectivity index (χ3v) is 2.76. The molecule has 3 aromatic rings. The van der Waals surface area contributed by atoms with Crippen LogP contribution in [-0.4, -0.2) is 15.1 Å². The molecule has 1 aromatic carbocycles. The van der Waals surface area contributed by atoms with E-state index >= 15 is 0 Å². The van der Waals surface area contributed by atoms with Crippen molar-refractivity contribution in [2.75, 3.05) is 5.73 Å². The quantitative estimate of drug-likeness (QED) is 0.801. The molecule has 0 aliphatic heterocycles. The summed E-state index contributed by atoms with van der Waals surface area (Å²) in [5, 5.41) is 3.77. The summed E-state index contributed by atoms with van der Waals surface area (Å²) in [6.07, 6.45) is 1.63. The van der Waals surface area contributed by atoms with Crippen LogP contribution in [0.2, 0.25) is 0 Å². The molecule has 2 aromatic heterocycles. The molecule has 2 N–H and O–H groups in total. The number of pyridine rings is 1. The molecule has 0 amide bonds. The Morgan fingerprint density at radius 3 is 2.52 bits per heavy atom. The minimum atomic E-state index is -0.645. The molecule has 0 atom stereocenters. The molecule has 5 nitrogen and oxygen atoms in total. The van der Waals surface area contributed by atoms with Crippen LogP contribution >= 0.6 is 0 Å². The van der Waals surface area contributed by atoms with Gasteiger partial charge in [-0.05, 0) is 29.8 Å². The number of nitrogens with zero attached hydrogens (tertiary/aromatic N) is 3. The van der Waals surface area contributed by atoms with Gasteiger partial charge in [-0.2, -0.15) is 4.98 Å². The third kappa shape index (κ3) is 3.02. The summed E-state index contributed by atoms with van der Waals surface area (Å²) in [4.78, 5) is 8.19. The number of aromatic nitrogens is 3. The standard InChI is InChI=1S/C14H10F2N4O/c15-9-3-8(4-10(16)6-9)5-13-19-14(21-20-13)12-2-1-11(17)7-18-12/h1-4,6-7H,5,17H2. The van der Waals surface area contributed by atoms with E-state index in [4.69, 9.17) is 10.3 Å². The van der Waals surface area contributed by atoms with E-state index in [1.807, 2.05) is 0 Å². The lowest BCUT2D eigenvalue weighted by Gasteiger charge is -1.98. The number of nitrogens with two attached hydrogens (primary N) is 1. The van der Waals surface area contributed by atoms with Crippen molar-refractivity contribution in [2.45, 2.75) is 6.42 Å². The van der Waals surface area contributed by atoms with Crippen LogP contribution in [0.15, 0.2) is 41.1 Å². The van der Waals surface area contributed by atoms with Crippen molar-refractivity contribution in [3.63, 3.8) is 0 Å². The molecule has 7 heteroatoms. The Morgan fingerprint density at radius 2 is 1.86 bits per heavy atom. The molecule has 0 aliphatic rings. The van der Waals surface area contributed by atoms with E-state index in [1.54, 1.807) is 12.1 Å². The summed E-state index contributed by atoms with van der Waals surface area (Å²) in [7, 11) is 0. The second-order valence-corrected chi connectivity index (χ2v) is 4.45. The topological polar surface area (TPSA) is 77.8 Å². The van der Waals surface area contributed by atoms with Crippen molar-refractivity contribution in [1.82, 2.24) is 15.1 Å². The van der Waals surface area contributed by atoms with Gasteiger partial charge in [0, 0.05) is 12.5 Å². The molecule has 0 unspecified atom stereocenters. The van der Waals surface area contributed by atoms with Crippen LogP contribution in [0, 0.1) is 11.6 Å². The highest BCUT2D eigenvalue weighted by molar-refractivity contribution is 5.50. The monoisotopic (exact) mass is 288 g/mol. The number of rotatable bonds is 3. The van der Waals surface area contributed by atoms with E-state index in [-0.39, 0.29) is 12.3 Å². The molecular formula is C14H10F2N4O. The van der Waals surface area contributed by atoms with Crippen LogP contribution in [0.4, 0.5) is 14.5 Å². The molecule has 0 radical (unpaired) electrons. The second kappa shape index (κ2) is 5.28. The van der Waals surface area contributed by atoms with Gasteiger partial charge in [-0.25, -0.2) is 13.8 Å². The zero-order chi connectivity index (χ0) is 14.8. The van der Waals surface area contributed by atoms with Crippen molar-refractivity contribution in [1.29, 1.82) is 0 Å². The summed E-state index contributed by atoms with van der Waals surface area (Å²) < 4.78 is 31.3. The highest BCUT2D eigenvalue weighted by atomic mass is 19.1. The van der Waals surface area contributed by atoms with Crippen LogP contribution < -0.4 is 5.73 Å². The van der Waals surface area contributed by atoms with Gasteiger partial charge in [0.1, 0.15) is 17.3 Å². The molecule has 0 aliphatic carbocycles. The lowest BCUT2D eigenvalue weighted by molar-refractivity contribution is 0.422. The number of hydrogen-bond donors (Lipinski definition) is 1. The molecule has 3 rings (SSSR count). The second-order valence-electron chi connectivity index (χ2n) is 4.45. The smallest absolute Gasteiger partial charge is 0.276 e. The van der Waals surface area contributed by atoms with Crippen molar-refractivity contribution < 1.29 is 13.3 Å². The molecule has 0 saturated carbocycles. The maximum absolute atomic E-state index is 13.1. The van der Waals surface area contributed by atoms with E-state index in [0.29, 0.717) is 22.8 Å². The Balaban J connectivity index is 1.83. The average Bonchev–Trinajstić information content (AvgIpc) is 2.87. The van der Waals surface area contributed by atoms with Gasteiger partial charge in [0.2, 0.25) is 0 Å². The maximum Gasteiger partial charge on any atom is 0.276 e. The van der Waals surface area contributed by atoms with E-state index in [9.17, 15) is 8.78 Å². The summed E-state index contributed by atoms with van der Waals surface area (Å²) in [5.41, 5.74) is 6.96. The average molecular weight is 288 g/mol. The molecule has 0 spiro atoms. The number of benzene rings is 1. The van der Waals surface area contributed by atoms with Gasteiger partial charge in [-0.1, -0.05) is 5.16 Å². The minimum Gasteiger partial charge on any atom is -0.397 e. The van der Waals surface area contributed by atoms with Gasteiger partial charge in [0.15, 0.2) is 5.82 Å². The molecule has 0 bridgehead atoms. The number of hydrogen-bond acceptors (Lipinski definition) is 5. The Kier molecular flexibility index (Phi) is 3.31. The van der Waals surface area contributed by atoms with Crippen molar-refractivity contribution in [3.8, 4) is 11.6 Å². The fourth-order valence-corrected chi connectivity index (χ4v) is 1.86. The zero-order valence-electron chi connectivity index (χ0n) is 10.8. The van der Waals surface area contributed by atoms with E-state index in [2.05, 4.69) is 15.1 Å². The summed E-state index contributed by atoms with van der Waals surface area (Å²) in [6.45, 7) is 0. The lowest BCUT2D eigenvalue weighted by Crippen LogP contribution is -1.94. The first-order valence-electron chi connectivity index (χ1n) is 6.09. The lowest BCUT2D eigenvalue weighted by atomic mass is 10.1. The Hall–Kier alpha value is -2.83. The normalized spacial score (nSPS) is 10.8. The SMILES string of the molecule is Nc1ccc(-c2nc(Cc3cc(F)cc(F)c3)no2)nc1. The van der Waals surface area contributed by atoms with Crippen LogP contribution in [0.25, 0.3) is 11.6 Å². The van der Waals surface area contributed by atoms with Crippen LogP contribution in [0.5, 0.6) is 0 Å². The molecule has 0 saturated heterocycles. The summed E-state index contributed by atoms with van der Waals surface area (Å²) in [5.74, 6) is -0.752. The molecule has 2 heterocycles. The number of anilines is 1. The van der Waals surface area contributed by atoms with Crippen molar-refractivity contribution in [3.05, 3.63) is 59.6 Å². The molecule has 0 fully saturated rings. The Morgan fingerprint density at radius 1 is 1.10 bits per heavy atom. The Bertz CT molecular complexity index is 751.